The van der Waals surface area contributed by atoms with Gasteiger partial charge in [0.05, 0.1) is 28.9 Å². The second kappa shape index (κ2) is 9.02. The topological polar surface area (TPSA) is 60.9 Å². The van der Waals surface area contributed by atoms with Gasteiger partial charge in [-0.1, -0.05) is 18.2 Å². The molecule has 6 nitrogen and oxygen atoms in total. The molecule has 2 fully saturated rings. The maximum absolute atomic E-state index is 13.3. The molecule has 0 atom stereocenters. The lowest BCUT2D eigenvalue weighted by atomic mass is 9.94. The second-order valence-corrected chi connectivity index (χ2v) is 9.39. The Labute approximate surface area is 201 Å². The molecule has 0 aromatic heterocycles. The minimum Gasteiger partial charge on any atom is -0.371 e. The average molecular weight is 486 g/mol. The number of piperidine rings is 1. The molecule has 35 heavy (non-hydrogen) atoms. The molecule has 0 radical (unpaired) electrons. The van der Waals surface area contributed by atoms with Crippen LogP contribution in [-0.4, -0.2) is 53.7 Å². The Kier molecular flexibility index (Phi) is 6.02. The van der Waals surface area contributed by atoms with Gasteiger partial charge in [-0.25, -0.2) is 0 Å². The predicted octanol–water partition coefficient (Wildman–Crippen LogP) is 4.34. The minimum atomic E-state index is -4.51. The summed E-state index contributed by atoms with van der Waals surface area (Å²) >= 11 is 0. The maximum atomic E-state index is 13.3. The lowest BCUT2D eigenvalue weighted by Crippen LogP contribution is -2.42. The zero-order valence-electron chi connectivity index (χ0n) is 19.2. The number of imide groups is 1. The van der Waals surface area contributed by atoms with Crippen molar-refractivity contribution in [2.75, 3.05) is 31.1 Å². The molecule has 0 N–H and O–H groups in total. The Hall–Kier alpha value is -3.36. The number of nitrogens with zero attached hydrogens (tertiary/aromatic N) is 3. The van der Waals surface area contributed by atoms with Gasteiger partial charge in [-0.3, -0.25) is 19.3 Å². The quantitative estimate of drug-likeness (QED) is 0.605. The van der Waals surface area contributed by atoms with Gasteiger partial charge in [-0.05, 0) is 55.5 Å². The number of benzene rings is 2. The molecule has 184 valence electrons. The first-order valence-corrected chi connectivity index (χ1v) is 11.9. The molecule has 0 spiro atoms. The van der Waals surface area contributed by atoms with Crippen molar-refractivity contribution in [3.8, 4) is 0 Å². The van der Waals surface area contributed by atoms with Crippen molar-refractivity contribution < 1.29 is 27.6 Å². The molecular formula is C26H26F3N3O3. The average Bonchev–Trinajstić information content (AvgIpc) is 3.47. The number of fused-ring (bicyclic) bond motifs is 1. The zero-order valence-corrected chi connectivity index (χ0v) is 19.2. The number of halogens is 3. The van der Waals surface area contributed by atoms with Gasteiger partial charge in [0.1, 0.15) is 0 Å². The second-order valence-electron chi connectivity index (χ2n) is 9.39. The minimum absolute atomic E-state index is 0.0316. The maximum Gasteiger partial charge on any atom is 0.416 e. The van der Waals surface area contributed by atoms with Crippen molar-refractivity contribution in [2.24, 2.45) is 5.92 Å². The highest BCUT2D eigenvalue weighted by molar-refractivity contribution is 6.23. The SMILES string of the molecule is O=C(C1CCN(c2cccc3c2C(=O)N(Cc2cccc(C(F)(F)F)c2)C3=O)CC1)N1CCCC1. The van der Waals surface area contributed by atoms with E-state index in [0.29, 0.717) is 31.6 Å². The molecule has 2 saturated heterocycles. The summed E-state index contributed by atoms with van der Waals surface area (Å²) in [5, 5.41) is 0. The fourth-order valence-corrected chi connectivity index (χ4v) is 5.31. The molecule has 0 unspecified atom stereocenters. The van der Waals surface area contributed by atoms with Crippen molar-refractivity contribution in [3.63, 3.8) is 0 Å². The Morgan fingerprint density at radius 3 is 2.29 bits per heavy atom. The molecule has 2 aromatic rings. The summed E-state index contributed by atoms with van der Waals surface area (Å²) < 4.78 is 39.3. The molecule has 2 aromatic carbocycles. The van der Waals surface area contributed by atoms with Crippen LogP contribution in [0, 0.1) is 5.92 Å². The molecule has 3 heterocycles. The van der Waals surface area contributed by atoms with E-state index in [4.69, 9.17) is 0 Å². The molecule has 9 heteroatoms. The van der Waals surface area contributed by atoms with Crippen LogP contribution in [0.15, 0.2) is 42.5 Å². The summed E-state index contributed by atoms with van der Waals surface area (Å²) in [6.07, 6.45) is -1.06. The third kappa shape index (κ3) is 4.39. The Morgan fingerprint density at radius 2 is 1.60 bits per heavy atom. The standard InChI is InChI=1S/C26H26F3N3O3/c27-26(28,29)19-6-3-5-17(15-19)16-32-24(34)20-7-4-8-21(22(20)25(32)35)30-13-9-18(10-14-30)23(33)31-11-1-2-12-31/h3-8,15,18H,1-2,9-14,16H2. The number of likely N-dealkylation sites (tertiary alicyclic amines) is 1. The van der Waals surface area contributed by atoms with Gasteiger partial charge in [0.15, 0.2) is 0 Å². The van der Waals surface area contributed by atoms with Crippen molar-refractivity contribution in [1.82, 2.24) is 9.80 Å². The van der Waals surface area contributed by atoms with Crippen molar-refractivity contribution in [2.45, 2.75) is 38.4 Å². The third-order valence-electron chi connectivity index (χ3n) is 7.17. The largest absolute Gasteiger partial charge is 0.416 e. The lowest BCUT2D eigenvalue weighted by Gasteiger charge is -2.35. The van der Waals surface area contributed by atoms with Gasteiger partial charge in [0.25, 0.3) is 11.8 Å². The van der Waals surface area contributed by atoms with Crippen LogP contribution in [0.1, 0.15) is 57.5 Å². The Balaban J connectivity index is 1.32. The van der Waals surface area contributed by atoms with E-state index < -0.39 is 23.6 Å². The van der Waals surface area contributed by atoms with Gasteiger partial charge in [0.2, 0.25) is 5.91 Å². The summed E-state index contributed by atoms with van der Waals surface area (Å²) in [5.74, 6) is -0.841. The molecule has 3 amide bonds. The number of amides is 3. The Morgan fingerprint density at radius 1 is 0.914 bits per heavy atom. The first-order valence-electron chi connectivity index (χ1n) is 11.9. The van der Waals surface area contributed by atoms with E-state index in [9.17, 15) is 27.6 Å². The smallest absolute Gasteiger partial charge is 0.371 e. The van der Waals surface area contributed by atoms with E-state index in [0.717, 1.165) is 43.0 Å². The fraction of sp³-hybridized carbons (Fsp3) is 0.423. The number of carbonyl (C=O) groups excluding carboxylic acids is 3. The number of alkyl halides is 3. The van der Waals surface area contributed by atoms with Crippen molar-refractivity contribution in [1.29, 1.82) is 0 Å². The molecule has 5 rings (SSSR count). The van der Waals surface area contributed by atoms with Gasteiger partial charge in [-0.15, -0.1) is 0 Å². The van der Waals surface area contributed by atoms with E-state index in [2.05, 4.69) is 0 Å². The van der Waals surface area contributed by atoms with Crippen LogP contribution in [0.3, 0.4) is 0 Å². The lowest BCUT2D eigenvalue weighted by molar-refractivity contribution is -0.137. The normalized spacial score (nSPS) is 19.0. The highest BCUT2D eigenvalue weighted by atomic mass is 19.4. The van der Waals surface area contributed by atoms with Crippen molar-refractivity contribution >= 4 is 23.4 Å². The van der Waals surface area contributed by atoms with Crippen LogP contribution >= 0.6 is 0 Å². The summed E-state index contributed by atoms with van der Waals surface area (Å²) in [7, 11) is 0. The monoisotopic (exact) mass is 485 g/mol. The predicted molar refractivity (Wildman–Crippen MR) is 123 cm³/mol. The number of anilines is 1. The van der Waals surface area contributed by atoms with Crippen LogP contribution in [0.5, 0.6) is 0 Å². The number of hydrogen-bond acceptors (Lipinski definition) is 4. The molecule has 3 aliphatic rings. The zero-order chi connectivity index (χ0) is 24.7. The first kappa shape index (κ1) is 23.4. The van der Waals surface area contributed by atoms with E-state index in [1.807, 2.05) is 9.80 Å². The number of carbonyl (C=O) groups is 3. The number of hydrogen-bond donors (Lipinski definition) is 0. The molecule has 0 saturated carbocycles. The van der Waals surface area contributed by atoms with Gasteiger partial charge >= 0.3 is 6.18 Å². The molecule has 0 bridgehead atoms. The highest BCUT2D eigenvalue weighted by Gasteiger charge is 2.40. The summed E-state index contributed by atoms with van der Waals surface area (Å²) in [5.41, 5.74) is 0.596. The van der Waals surface area contributed by atoms with Crippen molar-refractivity contribution in [3.05, 3.63) is 64.7 Å². The molecule has 0 aliphatic carbocycles. The first-order chi connectivity index (χ1) is 16.7. The van der Waals surface area contributed by atoms with Crippen LogP contribution < -0.4 is 4.90 Å². The van der Waals surface area contributed by atoms with Crippen LogP contribution in [-0.2, 0) is 17.5 Å². The molecule has 3 aliphatic heterocycles. The van der Waals surface area contributed by atoms with Crippen LogP contribution in [0.2, 0.25) is 0 Å². The van der Waals surface area contributed by atoms with Crippen LogP contribution in [0.4, 0.5) is 18.9 Å². The van der Waals surface area contributed by atoms with Gasteiger partial charge in [-0.2, -0.15) is 13.2 Å². The highest BCUT2D eigenvalue weighted by Crippen LogP contribution is 2.36. The summed E-state index contributed by atoms with van der Waals surface area (Å²) in [4.78, 5) is 44.1. The van der Waals surface area contributed by atoms with Crippen LogP contribution in [0.25, 0.3) is 0 Å². The van der Waals surface area contributed by atoms with Gasteiger partial charge in [0, 0.05) is 32.1 Å². The van der Waals surface area contributed by atoms with E-state index >= 15 is 0 Å². The van der Waals surface area contributed by atoms with Gasteiger partial charge < -0.3 is 9.80 Å². The van der Waals surface area contributed by atoms with E-state index in [-0.39, 0.29) is 35.1 Å². The number of rotatable bonds is 4. The molecular weight excluding hydrogens is 459 g/mol. The summed E-state index contributed by atoms with van der Waals surface area (Å²) in [6.45, 7) is 2.60. The Bertz CT molecular complexity index is 1170. The van der Waals surface area contributed by atoms with E-state index in [1.165, 1.54) is 12.1 Å². The third-order valence-corrected chi connectivity index (χ3v) is 7.17. The fourth-order valence-electron chi connectivity index (χ4n) is 5.31. The van der Waals surface area contributed by atoms with E-state index in [1.54, 1.807) is 18.2 Å². The summed E-state index contributed by atoms with van der Waals surface area (Å²) in [6, 6.07) is 9.76.